The van der Waals surface area contributed by atoms with Gasteiger partial charge in [-0.3, -0.25) is 0 Å². The predicted octanol–water partition coefficient (Wildman–Crippen LogP) is 1.33. The molecule has 2 aromatic rings. The van der Waals surface area contributed by atoms with Crippen LogP contribution >= 0.6 is 0 Å². The minimum absolute atomic E-state index is 0.253. The van der Waals surface area contributed by atoms with E-state index in [2.05, 4.69) is 26.9 Å². The van der Waals surface area contributed by atoms with Crippen molar-refractivity contribution < 1.29 is 44.2 Å². The maximum atomic E-state index is 12.8. The highest BCUT2D eigenvalue weighted by molar-refractivity contribution is 5.93. The zero-order chi connectivity index (χ0) is 29.3. The molecule has 6 N–H and O–H groups in total. The highest BCUT2D eigenvalue weighted by Gasteiger charge is 2.48. The minimum Gasteiger partial charge on any atom is -0.471 e. The van der Waals surface area contributed by atoms with E-state index in [1.807, 2.05) is 12.1 Å². The Morgan fingerprint density at radius 3 is 2.78 bits per heavy atom. The topological polar surface area (TPSA) is 211 Å². The Labute approximate surface area is 234 Å². The number of aliphatic hydroxyl groups excluding tert-OH is 4. The highest BCUT2D eigenvalue weighted by Crippen LogP contribution is 2.42. The van der Waals surface area contributed by atoms with E-state index in [0.717, 1.165) is 28.6 Å². The smallest absolute Gasteiger partial charge is 0.337 e. The zero-order valence-electron chi connectivity index (χ0n) is 22.3. The van der Waals surface area contributed by atoms with Gasteiger partial charge >= 0.3 is 5.97 Å². The number of ether oxygens (including phenoxy) is 4. The number of para-hydroxylation sites is 1. The van der Waals surface area contributed by atoms with Gasteiger partial charge < -0.3 is 49.7 Å². The lowest BCUT2D eigenvalue weighted by atomic mass is 9.78. The summed E-state index contributed by atoms with van der Waals surface area (Å²) < 4.78 is 22.2. The number of azide groups is 1. The molecule has 3 aliphatic heterocycles. The number of hydrogen-bond donors (Lipinski definition) is 6. The minimum atomic E-state index is -1.63. The number of fused-ring (bicyclic) bond motifs is 3. The molecule has 0 bridgehead atoms. The van der Waals surface area contributed by atoms with Gasteiger partial charge in [0.05, 0.1) is 36.8 Å². The van der Waals surface area contributed by atoms with E-state index < -0.39 is 61.4 Å². The van der Waals surface area contributed by atoms with Gasteiger partial charge in [-0.15, -0.1) is 6.58 Å². The van der Waals surface area contributed by atoms with E-state index in [1.165, 1.54) is 13.4 Å². The fourth-order valence-electron chi connectivity index (χ4n) is 5.93. The Hall–Kier alpha value is -3.46. The Kier molecular flexibility index (Phi) is 8.63. The fourth-order valence-corrected chi connectivity index (χ4v) is 5.93. The van der Waals surface area contributed by atoms with Crippen molar-refractivity contribution in [2.24, 2.45) is 17.0 Å². The number of methoxy groups -OCH3 is 1. The molecule has 0 radical (unpaired) electrons. The number of aliphatic hydroxyl groups is 4. The van der Waals surface area contributed by atoms with Gasteiger partial charge in [0.2, 0.25) is 6.29 Å². The number of esters is 1. The third-order valence-corrected chi connectivity index (χ3v) is 8.03. The van der Waals surface area contributed by atoms with Crippen LogP contribution in [0.3, 0.4) is 0 Å². The van der Waals surface area contributed by atoms with Crippen molar-refractivity contribution >= 4 is 22.6 Å². The number of aromatic amines is 1. The molecule has 0 amide bonds. The molecule has 9 atom stereocenters. The fraction of sp³-hybridized carbons (Fsp3) is 0.519. The van der Waals surface area contributed by atoms with Gasteiger partial charge in [0.25, 0.3) is 0 Å². The van der Waals surface area contributed by atoms with Crippen molar-refractivity contribution in [2.45, 2.75) is 55.9 Å². The van der Waals surface area contributed by atoms with Gasteiger partial charge in [0, 0.05) is 33.9 Å². The first-order valence-corrected chi connectivity index (χ1v) is 13.3. The second-order valence-electron chi connectivity index (χ2n) is 10.2. The molecule has 4 heterocycles. The van der Waals surface area contributed by atoms with Crippen LogP contribution in [0.5, 0.6) is 0 Å². The molecule has 1 saturated heterocycles. The Bertz CT molecular complexity index is 1370. The number of H-pyrrole nitrogens is 1. The van der Waals surface area contributed by atoms with Crippen LogP contribution in [0.15, 0.2) is 47.8 Å². The first-order chi connectivity index (χ1) is 19.8. The van der Waals surface area contributed by atoms with Crippen LogP contribution in [0.25, 0.3) is 21.3 Å². The third kappa shape index (κ3) is 5.32. The Morgan fingerprint density at radius 1 is 1.27 bits per heavy atom. The van der Waals surface area contributed by atoms with E-state index in [1.54, 1.807) is 12.1 Å². The lowest BCUT2D eigenvalue weighted by Gasteiger charge is -2.43. The summed E-state index contributed by atoms with van der Waals surface area (Å²) in [6, 6.07) is 5.28. The monoisotopic (exact) mass is 571 g/mol. The molecular weight excluding hydrogens is 538 g/mol. The molecule has 1 fully saturated rings. The molecule has 0 saturated carbocycles. The van der Waals surface area contributed by atoms with Crippen molar-refractivity contribution in [3.05, 3.63) is 64.4 Å². The first kappa shape index (κ1) is 29.0. The van der Waals surface area contributed by atoms with Gasteiger partial charge in [-0.25, -0.2) is 4.79 Å². The molecule has 5 rings (SSSR count). The number of carbonyl (C=O) groups is 1. The molecule has 3 aliphatic rings. The van der Waals surface area contributed by atoms with Gasteiger partial charge in [-0.1, -0.05) is 29.4 Å². The largest absolute Gasteiger partial charge is 0.471 e. The Morgan fingerprint density at radius 2 is 2.07 bits per heavy atom. The molecule has 14 nitrogen and oxygen atoms in total. The van der Waals surface area contributed by atoms with Crippen LogP contribution in [0, 0.1) is 11.8 Å². The van der Waals surface area contributed by atoms with Crippen LogP contribution in [0.4, 0.5) is 5.69 Å². The first-order valence-electron chi connectivity index (χ1n) is 13.3. The van der Waals surface area contributed by atoms with Gasteiger partial charge in [0.15, 0.2) is 6.29 Å². The molecule has 1 aromatic heterocycles. The summed E-state index contributed by atoms with van der Waals surface area (Å²) in [6.07, 6.45) is -4.57. The van der Waals surface area contributed by atoms with Gasteiger partial charge in [-0.2, -0.15) is 0 Å². The lowest BCUT2D eigenvalue weighted by Crippen LogP contribution is -2.60. The SMILES string of the molecule is C=C[C@H]1[C@H](O[C@@H]2O[C@H](CO)[C@@H](O)[C@H](O)[C@H]2O)OC=C(C(=O)OC)[C@H]1C[C@@H]1NCCc2c1[nH]c1c(N=[N+]=[N-])cccc21. The molecule has 0 unspecified atom stereocenters. The van der Waals surface area contributed by atoms with Gasteiger partial charge in [0.1, 0.15) is 24.4 Å². The number of hydrogen-bond acceptors (Lipinski definition) is 11. The average Bonchev–Trinajstić information content (AvgIpc) is 3.38. The van der Waals surface area contributed by atoms with Crippen molar-refractivity contribution in [2.75, 3.05) is 20.3 Å². The maximum Gasteiger partial charge on any atom is 0.337 e. The molecule has 220 valence electrons. The molecule has 0 spiro atoms. The third-order valence-electron chi connectivity index (χ3n) is 8.03. The Balaban J connectivity index is 1.46. The van der Waals surface area contributed by atoms with E-state index in [0.29, 0.717) is 18.7 Å². The maximum absolute atomic E-state index is 12.8. The van der Waals surface area contributed by atoms with E-state index in [4.69, 9.17) is 24.5 Å². The molecule has 0 aliphatic carbocycles. The second kappa shape index (κ2) is 12.2. The molecule has 14 heteroatoms. The summed E-state index contributed by atoms with van der Waals surface area (Å²) in [5.74, 6) is -1.77. The van der Waals surface area contributed by atoms with E-state index in [9.17, 15) is 25.2 Å². The lowest BCUT2D eigenvalue weighted by molar-refractivity contribution is -0.339. The normalized spacial score (nSPS) is 33.2. The number of rotatable bonds is 8. The summed E-state index contributed by atoms with van der Waals surface area (Å²) in [4.78, 5) is 19.2. The van der Waals surface area contributed by atoms with Crippen LogP contribution < -0.4 is 5.32 Å². The van der Waals surface area contributed by atoms with Gasteiger partial charge in [-0.05, 0) is 30.5 Å². The summed E-state index contributed by atoms with van der Waals surface area (Å²) in [5.41, 5.74) is 12.5. The van der Waals surface area contributed by atoms with Crippen LogP contribution in [-0.2, 0) is 30.2 Å². The van der Waals surface area contributed by atoms with Crippen molar-refractivity contribution in [1.82, 2.24) is 10.3 Å². The quantitative estimate of drug-likeness (QED) is 0.0879. The molecule has 41 heavy (non-hydrogen) atoms. The van der Waals surface area contributed by atoms with Crippen molar-refractivity contribution in [1.29, 1.82) is 0 Å². The average molecular weight is 572 g/mol. The second-order valence-corrected chi connectivity index (χ2v) is 10.2. The highest BCUT2D eigenvalue weighted by atomic mass is 16.8. The van der Waals surface area contributed by atoms with Crippen LogP contribution in [-0.4, -0.2) is 88.6 Å². The summed E-state index contributed by atoms with van der Waals surface area (Å²) >= 11 is 0. The number of carbonyl (C=O) groups excluding carboxylic acids is 1. The van der Waals surface area contributed by atoms with Crippen molar-refractivity contribution in [3.8, 4) is 0 Å². The van der Waals surface area contributed by atoms with Crippen LogP contribution in [0.1, 0.15) is 23.7 Å². The number of nitrogens with one attached hydrogen (secondary N) is 2. The van der Waals surface area contributed by atoms with Crippen molar-refractivity contribution in [3.63, 3.8) is 0 Å². The number of nitrogens with zero attached hydrogens (tertiary/aromatic N) is 3. The van der Waals surface area contributed by atoms with Crippen LogP contribution in [0.2, 0.25) is 0 Å². The standard InChI is InChI=1S/C27H33N5O9/c1-3-12-15(9-18-21-14(7-8-29-18)13-5-4-6-17(31-32-28)20(13)30-21)16(25(37)38-2)11-39-26(12)41-27-24(36)23(35)22(34)19(10-33)40-27/h3-6,11-12,15,18-19,22-24,26-27,29-30,33-36H,1,7-10H2,2H3/t12-,15+,18+,19-,22-,23+,24-,26+,27+/m1/s1. The molecular formula is C27H33N5O9. The summed E-state index contributed by atoms with van der Waals surface area (Å²) in [5, 5.41) is 48.6. The number of aromatic nitrogens is 1. The summed E-state index contributed by atoms with van der Waals surface area (Å²) in [7, 11) is 1.27. The predicted molar refractivity (Wildman–Crippen MR) is 143 cm³/mol. The summed E-state index contributed by atoms with van der Waals surface area (Å²) in [6.45, 7) is 3.99. The van der Waals surface area contributed by atoms with E-state index >= 15 is 0 Å². The zero-order valence-corrected chi connectivity index (χ0v) is 22.3. The molecule has 1 aromatic carbocycles. The number of benzene rings is 1. The van der Waals surface area contributed by atoms with E-state index in [-0.39, 0.29) is 11.6 Å².